The lowest BCUT2D eigenvalue weighted by Gasteiger charge is -2.44. The molecule has 1 heterocycles. The molecular weight excluding hydrogens is 236 g/mol. The van der Waals surface area contributed by atoms with Gasteiger partial charge in [0.05, 0.1) is 6.04 Å². The third-order valence-corrected chi connectivity index (χ3v) is 5.09. The highest BCUT2D eigenvalue weighted by molar-refractivity contribution is 5.81. The van der Waals surface area contributed by atoms with Gasteiger partial charge in [0.25, 0.3) is 0 Å². The van der Waals surface area contributed by atoms with Crippen LogP contribution in [0.1, 0.15) is 65.2 Å². The first kappa shape index (κ1) is 14.8. The average molecular weight is 266 g/mol. The number of hydrogen-bond donors (Lipinski definition) is 1. The van der Waals surface area contributed by atoms with E-state index in [9.17, 15) is 4.79 Å². The highest BCUT2D eigenvalue weighted by Gasteiger charge is 2.37. The molecule has 3 nitrogen and oxygen atoms in total. The quantitative estimate of drug-likeness (QED) is 0.853. The van der Waals surface area contributed by atoms with Gasteiger partial charge in [0.2, 0.25) is 5.91 Å². The molecule has 2 N–H and O–H groups in total. The fourth-order valence-corrected chi connectivity index (χ4v) is 3.85. The monoisotopic (exact) mass is 266 g/mol. The first-order valence-corrected chi connectivity index (χ1v) is 8.07. The molecule has 1 amide bonds. The summed E-state index contributed by atoms with van der Waals surface area (Å²) in [6.45, 7) is 6.12. The van der Waals surface area contributed by atoms with E-state index in [0.29, 0.717) is 11.3 Å². The van der Waals surface area contributed by atoms with Gasteiger partial charge in [-0.25, -0.2) is 0 Å². The number of carbonyl (C=O) groups excluding carboxylic acids is 1. The van der Waals surface area contributed by atoms with Crippen molar-refractivity contribution in [1.82, 2.24) is 4.90 Å². The lowest BCUT2D eigenvalue weighted by molar-refractivity contribution is -0.135. The number of likely N-dealkylation sites (tertiary alicyclic amines) is 1. The van der Waals surface area contributed by atoms with Crippen LogP contribution in [0.3, 0.4) is 0 Å². The van der Waals surface area contributed by atoms with Crippen LogP contribution >= 0.6 is 0 Å². The van der Waals surface area contributed by atoms with E-state index in [4.69, 9.17) is 5.73 Å². The second kappa shape index (κ2) is 6.25. The fraction of sp³-hybridized carbons (Fsp3) is 0.938. The van der Waals surface area contributed by atoms with Crippen molar-refractivity contribution < 1.29 is 4.79 Å². The zero-order chi connectivity index (χ0) is 13.9. The molecule has 3 heteroatoms. The van der Waals surface area contributed by atoms with E-state index in [-0.39, 0.29) is 11.9 Å². The number of carbonyl (C=O) groups is 1. The van der Waals surface area contributed by atoms with E-state index in [1.165, 1.54) is 44.9 Å². The fourth-order valence-electron chi connectivity index (χ4n) is 3.85. The van der Waals surface area contributed by atoms with Gasteiger partial charge in [-0.05, 0) is 43.4 Å². The average Bonchev–Trinajstić information content (AvgIpc) is 2.39. The van der Waals surface area contributed by atoms with Gasteiger partial charge in [-0.2, -0.15) is 0 Å². The summed E-state index contributed by atoms with van der Waals surface area (Å²) in [4.78, 5) is 14.3. The Morgan fingerprint density at radius 3 is 2.21 bits per heavy atom. The third-order valence-electron chi connectivity index (χ3n) is 5.09. The van der Waals surface area contributed by atoms with Crippen LogP contribution in [0.25, 0.3) is 0 Å². The summed E-state index contributed by atoms with van der Waals surface area (Å²) >= 11 is 0. The number of nitrogens with two attached hydrogens (primary N) is 1. The van der Waals surface area contributed by atoms with Crippen LogP contribution < -0.4 is 5.73 Å². The van der Waals surface area contributed by atoms with Crippen molar-refractivity contribution in [3.05, 3.63) is 0 Å². The van der Waals surface area contributed by atoms with Crippen LogP contribution in [0.5, 0.6) is 0 Å². The molecule has 1 aliphatic heterocycles. The number of piperidine rings is 1. The van der Waals surface area contributed by atoms with Crippen LogP contribution in [-0.4, -0.2) is 29.9 Å². The molecule has 2 fully saturated rings. The van der Waals surface area contributed by atoms with Gasteiger partial charge in [-0.1, -0.05) is 33.1 Å². The summed E-state index contributed by atoms with van der Waals surface area (Å²) in [5, 5.41) is 0. The smallest absolute Gasteiger partial charge is 0.239 e. The van der Waals surface area contributed by atoms with Gasteiger partial charge in [-0.15, -0.1) is 0 Å². The van der Waals surface area contributed by atoms with Crippen LogP contribution in [0.4, 0.5) is 0 Å². The van der Waals surface area contributed by atoms with Crippen LogP contribution in [0, 0.1) is 11.3 Å². The number of amides is 1. The van der Waals surface area contributed by atoms with E-state index in [0.717, 1.165) is 19.5 Å². The first-order valence-electron chi connectivity index (χ1n) is 8.07. The van der Waals surface area contributed by atoms with Gasteiger partial charge in [-0.3, -0.25) is 4.79 Å². The summed E-state index contributed by atoms with van der Waals surface area (Å²) in [6, 6.07) is -0.291. The van der Waals surface area contributed by atoms with Gasteiger partial charge < -0.3 is 10.6 Å². The Bertz CT molecular complexity index is 298. The highest BCUT2D eigenvalue weighted by atomic mass is 16.2. The molecule has 2 rings (SSSR count). The second-order valence-electron chi connectivity index (χ2n) is 7.12. The normalized spacial score (nSPS) is 24.7. The Morgan fingerprint density at radius 2 is 1.68 bits per heavy atom. The maximum atomic E-state index is 12.3. The molecule has 110 valence electrons. The summed E-state index contributed by atoms with van der Waals surface area (Å²) in [5.41, 5.74) is 6.59. The standard InChI is InChI=1S/C16H30N2O/c1-13(2)12-14(17)15(19)18-10-8-16(9-11-18)6-4-3-5-7-16/h13-14H,3-12,17H2,1-2H3. The Balaban J connectivity index is 1.83. The minimum Gasteiger partial charge on any atom is -0.341 e. The maximum Gasteiger partial charge on any atom is 0.239 e. The van der Waals surface area contributed by atoms with E-state index < -0.39 is 0 Å². The number of nitrogens with zero attached hydrogens (tertiary/aromatic N) is 1. The molecule has 1 saturated carbocycles. The lowest BCUT2D eigenvalue weighted by Crippen LogP contribution is -2.50. The lowest BCUT2D eigenvalue weighted by atomic mass is 9.68. The van der Waals surface area contributed by atoms with E-state index >= 15 is 0 Å². The first-order chi connectivity index (χ1) is 9.02. The van der Waals surface area contributed by atoms with E-state index in [1.807, 2.05) is 4.90 Å². The van der Waals surface area contributed by atoms with Crippen LogP contribution in [0.2, 0.25) is 0 Å². The predicted octanol–water partition coefficient (Wildman–Crippen LogP) is 2.93. The topological polar surface area (TPSA) is 46.3 Å². The molecule has 1 unspecified atom stereocenters. The molecule has 0 aromatic rings. The van der Waals surface area contributed by atoms with E-state index in [1.54, 1.807) is 0 Å². The predicted molar refractivity (Wildman–Crippen MR) is 78.8 cm³/mol. The molecule has 0 radical (unpaired) electrons. The third kappa shape index (κ3) is 3.71. The Kier molecular flexibility index (Phi) is 4.88. The largest absolute Gasteiger partial charge is 0.341 e. The Labute approximate surface area is 117 Å². The minimum absolute atomic E-state index is 0.180. The van der Waals surface area contributed by atoms with Crippen molar-refractivity contribution in [3.63, 3.8) is 0 Å². The van der Waals surface area contributed by atoms with E-state index in [2.05, 4.69) is 13.8 Å². The van der Waals surface area contributed by atoms with Gasteiger partial charge >= 0.3 is 0 Å². The van der Waals surface area contributed by atoms with Crippen LogP contribution in [-0.2, 0) is 4.79 Å². The Hall–Kier alpha value is -0.570. The van der Waals surface area contributed by atoms with Crippen molar-refractivity contribution in [2.24, 2.45) is 17.1 Å². The molecule has 1 aliphatic carbocycles. The van der Waals surface area contributed by atoms with Crippen molar-refractivity contribution in [3.8, 4) is 0 Å². The van der Waals surface area contributed by atoms with Gasteiger partial charge in [0, 0.05) is 13.1 Å². The number of rotatable bonds is 3. The second-order valence-corrected chi connectivity index (χ2v) is 7.12. The molecule has 0 aromatic heterocycles. The molecule has 1 spiro atoms. The maximum absolute atomic E-state index is 12.3. The zero-order valence-electron chi connectivity index (χ0n) is 12.7. The highest BCUT2D eigenvalue weighted by Crippen LogP contribution is 2.44. The van der Waals surface area contributed by atoms with Crippen molar-refractivity contribution in [2.45, 2.75) is 71.3 Å². The minimum atomic E-state index is -0.291. The number of hydrogen-bond acceptors (Lipinski definition) is 2. The van der Waals surface area contributed by atoms with Crippen molar-refractivity contribution in [2.75, 3.05) is 13.1 Å². The molecule has 2 aliphatic rings. The molecule has 19 heavy (non-hydrogen) atoms. The molecule has 0 aromatic carbocycles. The zero-order valence-corrected chi connectivity index (χ0v) is 12.7. The van der Waals surface area contributed by atoms with Crippen molar-refractivity contribution in [1.29, 1.82) is 0 Å². The molecule has 1 saturated heterocycles. The summed E-state index contributed by atoms with van der Waals surface area (Å²) in [6.07, 6.45) is 10.2. The molecule has 1 atom stereocenters. The summed E-state index contributed by atoms with van der Waals surface area (Å²) in [5.74, 6) is 0.674. The van der Waals surface area contributed by atoms with Gasteiger partial charge in [0.15, 0.2) is 0 Å². The van der Waals surface area contributed by atoms with Crippen LogP contribution in [0.15, 0.2) is 0 Å². The van der Waals surface area contributed by atoms with Gasteiger partial charge in [0.1, 0.15) is 0 Å². The molecular formula is C16H30N2O. The SMILES string of the molecule is CC(C)CC(N)C(=O)N1CCC2(CCCCC2)CC1. The van der Waals surface area contributed by atoms with Crippen molar-refractivity contribution >= 4 is 5.91 Å². The summed E-state index contributed by atoms with van der Waals surface area (Å²) < 4.78 is 0. The Morgan fingerprint density at radius 1 is 1.11 bits per heavy atom. The molecule has 0 bridgehead atoms. The summed E-state index contributed by atoms with van der Waals surface area (Å²) in [7, 11) is 0.